The molecule has 4 aromatic rings. The Morgan fingerprint density at radius 2 is 2.11 bits per heavy atom. The molecule has 136 valence electrons. The number of nitrogens with two attached hydrogens (primary N) is 1. The zero-order valence-corrected chi connectivity index (χ0v) is 14.9. The molecule has 4 rings (SSSR count). The van der Waals surface area contributed by atoms with E-state index in [1.54, 1.807) is 18.6 Å². The molecule has 0 saturated carbocycles. The molecule has 0 atom stereocenters. The minimum absolute atomic E-state index is 0.364. The summed E-state index contributed by atoms with van der Waals surface area (Å²) < 4.78 is 3.86. The van der Waals surface area contributed by atoms with E-state index in [9.17, 15) is 0 Å². The first-order valence-corrected chi connectivity index (χ1v) is 8.73. The van der Waals surface area contributed by atoms with Gasteiger partial charge in [-0.1, -0.05) is 13.0 Å². The number of aromatic nitrogens is 6. The van der Waals surface area contributed by atoms with Crippen molar-refractivity contribution in [3.8, 4) is 11.3 Å². The molecule has 9 nitrogen and oxygen atoms in total. The summed E-state index contributed by atoms with van der Waals surface area (Å²) in [5.41, 5.74) is 9.07. The fourth-order valence-corrected chi connectivity index (χ4v) is 2.84. The van der Waals surface area contributed by atoms with E-state index in [1.165, 1.54) is 0 Å². The number of fused-ring (bicyclic) bond motifs is 1. The van der Waals surface area contributed by atoms with Crippen LogP contribution in [0.25, 0.3) is 16.9 Å². The highest BCUT2D eigenvalue weighted by atomic mass is 15.3. The lowest BCUT2D eigenvalue weighted by molar-refractivity contribution is -0.210. The number of imidazole rings is 1. The minimum atomic E-state index is 0.364. The summed E-state index contributed by atoms with van der Waals surface area (Å²) in [4.78, 5) is 13.2. The summed E-state index contributed by atoms with van der Waals surface area (Å²) in [6, 6.07) is 3.98. The van der Waals surface area contributed by atoms with Crippen LogP contribution in [0.1, 0.15) is 18.9 Å². The van der Waals surface area contributed by atoms with Crippen molar-refractivity contribution < 1.29 is 5.53 Å². The summed E-state index contributed by atoms with van der Waals surface area (Å²) in [5.74, 6) is 0.896. The van der Waals surface area contributed by atoms with Gasteiger partial charge in [-0.15, -0.1) is 0 Å². The van der Waals surface area contributed by atoms with Gasteiger partial charge in [0, 0.05) is 48.6 Å². The largest absolute Gasteiger partial charge is 0.363 e. The molecule has 0 spiro atoms. The number of nitrogens with one attached hydrogen (secondary N) is 1. The number of rotatable bonds is 7. The van der Waals surface area contributed by atoms with E-state index < -0.39 is 0 Å². The average molecular weight is 362 g/mol. The van der Waals surface area contributed by atoms with Crippen molar-refractivity contribution in [2.75, 3.05) is 5.32 Å². The normalized spacial score (nSPS) is 11.0. The second kappa shape index (κ2) is 7.32. The zero-order valence-electron chi connectivity index (χ0n) is 14.9. The van der Waals surface area contributed by atoms with Crippen LogP contribution in [0.4, 0.5) is 11.6 Å². The van der Waals surface area contributed by atoms with E-state index in [0.29, 0.717) is 18.2 Å². The van der Waals surface area contributed by atoms with Crippen LogP contribution in [-0.4, -0.2) is 29.1 Å². The maximum Gasteiger partial charge on any atom is 0.261 e. The monoisotopic (exact) mass is 362 g/mol. The number of hydrogen-bond donors (Lipinski definition) is 2. The third-order valence-electron chi connectivity index (χ3n) is 4.17. The van der Waals surface area contributed by atoms with Gasteiger partial charge in [-0.25, -0.2) is 15.0 Å². The van der Waals surface area contributed by atoms with Crippen LogP contribution in [-0.2, 0) is 13.1 Å². The molecular formula is C18H20N9+. The molecule has 0 aliphatic heterocycles. The second-order valence-electron chi connectivity index (χ2n) is 6.13. The lowest BCUT2D eigenvalue weighted by Gasteiger charge is -2.08. The van der Waals surface area contributed by atoms with Gasteiger partial charge in [-0.05, 0) is 18.1 Å². The van der Waals surface area contributed by atoms with Crippen LogP contribution in [0.5, 0.6) is 0 Å². The predicted octanol–water partition coefficient (Wildman–Crippen LogP) is 1.85. The van der Waals surface area contributed by atoms with Crippen LogP contribution < -0.4 is 10.8 Å². The Morgan fingerprint density at radius 3 is 2.96 bits per heavy atom. The van der Waals surface area contributed by atoms with Crippen LogP contribution >= 0.6 is 0 Å². The molecule has 4 aromatic heterocycles. The SMILES string of the molecule is CCCn1cc(-c2cnc(N=[NH2+])c(NCc3ccc4nccn4c3)n2)cn1. The fourth-order valence-electron chi connectivity index (χ4n) is 2.84. The van der Waals surface area contributed by atoms with Crippen molar-refractivity contribution in [3.05, 3.63) is 54.9 Å². The smallest absolute Gasteiger partial charge is 0.261 e. The zero-order chi connectivity index (χ0) is 18.6. The van der Waals surface area contributed by atoms with Crippen molar-refractivity contribution in [1.29, 1.82) is 0 Å². The maximum atomic E-state index is 5.47. The summed E-state index contributed by atoms with van der Waals surface area (Å²) in [7, 11) is 0. The molecule has 0 radical (unpaired) electrons. The van der Waals surface area contributed by atoms with E-state index >= 15 is 0 Å². The highest BCUT2D eigenvalue weighted by Crippen LogP contribution is 2.24. The Labute approximate surface area is 155 Å². The molecule has 3 N–H and O–H groups in total. The van der Waals surface area contributed by atoms with Gasteiger partial charge < -0.3 is 9.72 Å². The van der Waals surface area contributed by atoms with Crippen LogP contribution in [0.2, 0.25) is 0 Å². The highest BCUT2D eigenvalue weighted by Gasteiger charge is 2.12. The van der Waals surface area contributed by atoms with E-state index in [0.717, 1.165) is 35.4 Å². The van der Waals surface area contributed by atoms with Gasteiger partial charge in [0.15, 0.2) is 5.82 Å². The van der Waals surface area contributed by atoms with E-state index in [1.807, 2.05) is 39.8 Å². The molecular weight excluding hydrogens is 342 g/mol. The number of pyridine rings is 1. The van der Waals surface area contributed by atoms with Gasteiger partial charge in [0.2, 0.25) is 0 Å². The van der Waals surface area contributed by atoms with Crippen molar-refractivity contribution >= 4 is 17.3 Å². The van der Waals surface area contributed by atoms with Crippen molar-refractivity contribution in [1.82, 2.24) is 29.1 Å². The lowest BCUT2D eigenvalue weighted by atomic mass is 10.2. The number of aryl methyl sites for hydroxylation is 1. The fraction of sp³-hybridized carbons (Fsp3) is 0.222. The van der Waals surface area contributed by atoms with Gasteiger partial charge in [-0.2, -0.15) is 10.6 Å². The molecule has 9 heteroatoms. The number of nitrogens with zero attached hydrogens (tertiary/aromatic N) is 7. The molecule has 0 aliphatic rings. The standard InChI is InChI=1S/C18H19N9/c1-2-6-27-12-14(9-23-27)15-10-22-18(25-19)17(24-15)21-8-13-3-4-16-20-5-7-26(16)11-13/h3-5,7,9-12,19H,2,6,8H2,1H3,(H,21,24)/p+1. The van der Waals surface area contributed by atoms with E-state index in [4.69, 9.17) is 5.53 Å². The molecule has 0 aliphatic carbocycles. The van der Waals surface area contributed by atoms with Gasteiger partial charge in [0.1, 0.15) is 5.65 Å². The van der Waals surface area contributed by atoms with Gasteiger partial charge in [0.05, 0.1) is 18.1 Å². The van der Waals surface area contributed by atoms with E-state index in [2.05, 4.69) is 37.4 Å². The van der Waals surface area contributed by atoms with Gasteiger partial charge in [-0.3, -0.25) is 4.68 Å². The molecule has 0 amide bonds. The number of anilines is 1. The third kappa shape index (κ3) is 3.52. The molecule has 0 saturated heterocycles. The maximum absolute atomic E-state index is 5.47. The Bertz CT molecular complexity index is 1080. The quantitative estimate of drug-likeness (QED) is 0.487. The molecule has 0 unspecified atom stereocenters. The first kappa shape index (κ1) is 16.8. The first-order chi connectivity index (χ1) is 13.3. The molecule has 0 bridgehead atoms. The highest BCUT2D eigenvalue weighted by molar-refractivity contribution is 5.63. The summed E-state index contributed by atoms with van der Waals surface area (Å²) in [6.45, 7) is 3.54. The minimum Gasteiger partial charge on any atom is -0.363 e. The van der Waals surface area contributed by atoms with Crippen molar-refractivity contribution in [2.45, 2.75) is 26.4 Å². The Kier molecular flexibility index (Phi) is 4.56. The second-order valence-corrected chi connectivity index (χ2v) is 6.13. The topological polar surface area (TPSA) is 111 Å². The lowest BCUT2D eigenvalue weighted by Crippen LogP contribution is -2.22. The Hall–Kier alpha value is -3.62. The Morgan fingerprint density at radius 1 is 1.19 bits per heavy atom. The first-order valence-electron chi connectivity index (χ1n) is 8.73. The van der Waals surface area contributed by atoms with Crippen LogP contribution in [0, 0.1) is 0 Å². The van der Waals surface area contributed by atoms with E-state index in [-0.39, 0.29) is 0 Å². The predicted molar refractivity (Wildman–Crippen MR) is 100 cm³/mol. The molecule has 4 heterocycles. The third-order valence-corrected chi connectivity index (χ3v) is 4.17. The summed E-state index contributed by atoms with van der Waals surface area (Å²) in [6.07, 6.45) is 12.1. The van der Waals surface area contributed by atoms with Gasteiger partial charge >= 0.3 is 0 Å². The van der Waals surface area contributed by atoms with Crippen LogP contribution in [0.3, 0.4) is 0 Å². The summed E-state index contributed by atoms with van der Waals surface area (Å²) in [5, 5.41) is 11.3. The van der Waals surface area contributed by atoms with Crippen molar-refractivity contribution in [3.63, 3.8) is 0 Å². The number of hydrogen-bond acceptors (Lipinski definition) is 6. The molecule has 0 fully saturated rings. The Balaban J connectivity index is 1.57. The average Bonchev–Trinajstić information content (AvgIpc) is 3.35. The van der Waals surface area contributed by atoms with Gasteiger partial charge in [0.25, 0.3) is 5.82 Å². The molecule has 0 aromatic carbocycles. The summed E-state index contributed by atoms with van der Waals surface area (Å²) >= 11 is 0. The van der Waals surface area contributed by atoms with Crippen molar-refractivity contribution in [2.24, 2.45) is 5.11 Å². The molecule has 27 heavy (non-hydrogen) atoms. The van der Waals surface area contributed by atoms with Crippen LogP contribution in [0.15, 0.2) is 54.4 Å².